The molecule has 0 aliphatic carbocycles. The molecule has 0 saturated carbocycles. The predicted molar refractivity (Wildman–Crippen MR) is 62.0 cm³/mol. The molecule has 68 valence electrons. The molecular formula is C9H11B3O2. The lowest BCUT2D eigenvalue weighted by Crippen LogP contribution is -2.40. The van der Waals surface area contributed by atoms with E-state index < -0.39 is 5.75 Å². The zero-order valence-corrected chi connectivity index (χ0v) is 8.63. The van der Waals surface area contributed by atoms with Crippen molar-refractivity contribution in [3.63, 3.8) is 0 Å². The van der Waals surface area contributed by atoms with Crippen molar-refractivity contribution in [2.24, 2.45) is 0 Å². The second-order valence-electron chi connectivity index (χ2n) is 2.56. The predicted octanol–water partition coefficient (Wildman–Crippen LogP) is -1.19. The number of hydrogen-bond acceptors (Lipinski definition) is 2. The summed E-state index contributed by atoms with van der Waals surface area (Å²) in [4.78, 5) is 0. The highest BCUT2D eigenvalue weighted by molar-refractivity contribution is 6.58. The number of benzene rings is 1. The van der Waals surface area contributed by atoms with Crippen LogP contribution in [-0.2, 0) is 0 Å². The summed E-state index contributed by atoms with van der Waals surface area (Å²) < 4.78 is 0. The molecule has 0 heterocycles. The second-order valence-corrected chi connectivity index (χ2v) is 2.56. The highest BCUT2D eigenvalue weighted by atomic mass is 16.3. The molecule has 0 aliphatic heterocycles. The zero-order valence-electron chi connectivity index (χ0n) is 8.63. The molecular weight excluding hydrogens is 173 g/mol. The van der Waals surface area contributed by atoms with E-state index in [1.54, 1.807) is 6.92 Å². The Morgan fingerprint density at radius 1 is 0.786 bits per heavy atom. The molecule has 0 saturated heterocycles. The Labute approximate surface area is 88.6 Å². The first-order valence-electron chi connectivity index (χ1n) is 4.31. The maximum atomic E-state index is 9.23. The average Bonchev–Trinajstić information content (AvgIpc) is 2.24. The van der Waals surface area contributed by atoms with Gasteiger partial charge in [0, 0.05) is 0 Å². The molecule has 0 bridgehead atoms. The van der Waals surface area contributed by atoms with E-state index in [1.807, 2.05) is 13.8 Å². The molecule has 1 aromatic rings. The van der Waals surface area contributed by atoms with Crippen LogP contribution in [0.4, 0.5) is 0 Å². The number of phenols is 2. The minimum Gasteiger partial charge on any atom is -0.505 e. The summed E-state index contributed by atoms with van der Waals surface area (Å²) in [5.74, 6) is -0.738. The van der Waals surface area contributed by atoms with Crippen LogP contribution in [0.25, 0.3) is 0 Å². The Morgan fingerprint density at radius 3 is 1.64 bits per heavy atom. The average molecular weight is 184 g/mol. The summed E-state index contributed by atoms with van der Waals surface area (Å²) >= 11 is 0. The Bertz CT molecular complexity index is 232. The maximum absolute atomic E-state index is 9.23. The molecule has 0 spiro atoms. The summed E-state index contributed by atoms with van der Waals surface area (Å²) in [7, 11) is 16.2. The summed E-state index contributed by atoms with van der Waals surface area (Å²) in [6.45, 7) is 5.54. The van der Waals surface area contributed by atoms with E-state index in [0.29, 0.717) is 5.56 Å². The molecule has 0 fully saturated rings. The van der Waals surface area contributed by atoms with E-state index in [1.165, 1.54) is 0 Å². The molecule has 0 aromatic heterocycles. The number of hydrogen-bond donors (Lipinski definition) is 2. The lowest BCUT2D eigenvalue weighted by Gasteiger charge is -2.13. The highest BCUT2D eigenvalue weighted by Gasteiger charge is 2.11. The largest absolute Gasteiger partial charge is 0.505 e. The van der Waals surface area contributed by atoms with Crippen LogP contribution in [0.15, 0.2) is 0 Å². The van der Waals surface area contributed by atoms with Crippen molar-refractivity contribution in [1.29, 1.82) is 0 Å². The van der Waals surface area contributed by atoms with Crippen molar-refractivity contribution < 1.29 is 10.2 Å². The van der Waals surface area contributed by atoms with Crippen molar-refractivity contribution in [2.45, 2.75) is 20.8 Å². The molecule has 0 unspecified atom stereocenters. The van der Waals surface area contributed by atoms with Gasteiger partial charge in [-0.2, -0.15) is 0 Å². The van der Waals surface area contributed by atoms with Crippen LogP contribution < -0.4 is 16.4 Å². The summed E-state index contributed by atoms with van der Waals surface area (Å²) in [5.41, 5.74) is 0.542. The molecule has 2 N–H and O–H groups in total. The Morgan fingerprint density at radius 2 is 1.21 bits per heavy atom. The third kappa shape index (κ3) is 2.09. The molecule has 5 heteroatoms. The van der Waals surface area contributed by atoms with Crippen LogP contribution >= 0.6 is 0 Å². The summed E-state index contributed by atoms with van der Waals surface area (Å²) in [6.07, 6.45) is 0. The van der Waals surface area contributed by atoms with E-state index in [4.69, 9.17) is 23.5 Å². The fourth-order valence-electron chi connectivity index (χ4n) is 0.907. The van der Waals surface area contributed by atoms with Crippen LogP contribution in [0.1, 0.15) is 19.4 Å². The molecule has 1 aromatic carbocycles. The van der Waals surface area contributed by atoms with Gasteiger partial charge in [0.25, 0.3) is 0 Å². The van der Waals surface area contributed by atoms with Gasteiger partial charge in [-0.05, 0) is 12.5 Å². The van der Waals surface area contributed by atoms with Crippen LogP contribution in [-0.4, -0.2) is 33.8 Å². The molecule has 0 amide bonds. The van der Waals surface area contributed by atoms with Gasteiger partial charge in [-0.3, -0.25) is 0 Å². The van der Waals surface area contributed by atoms with Crippen molar-refractivity contribution in [1.82, 2.24) is 0 Å². The minimum absolute atomic E-state index is 0.0874. The molecule has 1 rings (SSSR count). The number of rotatable bonds is 0. The molecule has 0 atom stereocenters. The van der Waals surface area contributed by atoms with Crippen molar-refractivity contribution in [3.8, 4) is 11.5 Å². The SMILES string of the molecule is CC.[B]c1c([B])c(C)c(O)c(O)c1[B]. The standard InChI is InChI=1S/C7H5B3O2.C2H6/c1-2-3(8)4(9)5(10)7(12)6(2)11;1-2/h11-12H,1H3;1-2H3. The zero-order chi connectivity index (χ0) is 11.5. The fourth-order valence-corrected chi connectivity index (χ4v) is 0.907. The van der Waals surface area contributed by atoms with Gasteiger partial charge in [0.15, 0.2) is 5.75 Å². The summed E-state index contributed by atoms with van der Waals surface area (Å²) in [5, 5.41) is 18.4. The monoisotopic (exact) mass is 184 g/mol. The smallest absolute Gasteiger partial charge is 0.159 e. The normalized spacial score (nSPS) is 9.07. The van der Waals surface area contributed by atoms with Crippen molar-refractivity contribution in [2.75, 3.05) is 0 Å². The third-order valence-corrected chi connectivity index (χ3v) is 1.82. The third-order valence-electron chi connectivity index (χ3n) is 1.82. The van der Waals surface area contributed by atoms with E-state index >= 15 is 0 Å². The fraction of sp³-hybridized carbons (Fsp3) is 0.333. The van der Waals surface area contributed by atoms with E-state index in [9.17, 15) is 10.2 Å². The van der Waals surface area contributed by atoms with Crippen molar-refractivity contribution in [3.05, 3.63) is 5.56 Å². The number of phenolic OH excluding ortho intramolecular Hbond substituents is 2. The first kappa shape index (κ1) is 13.0. The first-order valence-corrected chi connectivity index (χ1v) is 4.31. The molecule has 14 heavy (non-hydrogen) atoms. The van der Waals surface area contributed by atoms with E-state index in [-0.39, 0.29) is 22.1 Å². The van der Waals surface area contributed by atoms with Crippen molar-refractivity contribution >= 4 is 39.9 Å². The maximum Gasteiger partial charge on any atom is 0.159 e. The first-order chi connectivity index (χ1) is 6.46. The second kappa shape index (κ2) is 5.04. The van der Waals surface area contributed by atoms with Gasteiger partial charge in [-0.15, -0.1) is 5.46 Å². The minimum atomic E-state index is -0.417. The summed E-state index contributed by atoms with van der Waals surface area (Å²) in [6, 6.07) is 0. The van der Waals surface area contributed by atoms with Gasteiger partial charge in [0.05, 0.1) is 0 Å². The van der Waals surface area contributed by atoms with Gasteiger partial charge >= 0.3 is 0 Å². The van der Waals surface area contributed by atoms with Crippen LogP contribution in [0, 0.1) is 6.92 Å². The molecule has 6 radical (unpaired) electrons. The van der Waals surface area contributed by atoms with Crippen LogP contribution in [0.5, 0.6) is 11.5 Å². The van der Waals surface area contributed by atoms with Gasteiger partial charge in [-0.25, -0.2) is 0 Å². The van der Waals surface area contributed by atoms with Gasteiger partial charge in [0.2, 0.25) is 0 Å². The molecule has 0 aliphatic rings. The van der Waals surface area contributed by atoms with E-state index in [2.05, 4.69) is 0 Å². The van der Waals surface area contributed by atoms with Crippen LogP contribution in [0.2, 0.25) is 0 Å². The molecule has 2 nitrogen and oxygen atoms in total. The van der Waals surface area contributed by atoms with Gasteiger partial charge in [0.1, 0.15) is 29.3 Å². The Hall–Kier alpha value is -0.985. The lowest BCUT2D eigenvalue weighted by atomic mass is 9.70. The topological polar surface area (TPSA) is 40.5 Å². The van der Waals surface area contributed by atoms with Gasteiger partial charge < -0.3 is 10.2 Å². The quantitative estimate of drug-likeness (QED) is 0.393. The lowest BCUT2D eigenvalue weighted by molar-refractivity contribution is 0.405. The highest BCUT2D eigenvalue weighted by Crippen LogP contribution is 2.22. The Balaban J connectivity index is 0.000000791. The van der Waals surface area contributed by atoms with Crippen LogP contribution in [0.3, 0.4) is 0 Å². The Kier molecular flexibility index (Phi) is 4.68. The number of aromatic hydroxyl groups is 2. The van der Waals surface area contributed by atoms with E-state index in [0.717, 1.165) is 0 Å². The van der Waals surface area contributed by atoms with Gasteiger partial charge in [-0.1, -0.05) is 24.8 Å².